The quantitative estimate of drug-likeness (QED) is 0.152. The molecule has 0 amide bonds. The maximum absolute atomic E-state index is 5.19. The van der Waals surface area contributed by atoms with Gasteiger partial charge in [0.15, 0.2) is 0 Å². The Balaban J connectivity index is 0.000000105. The van der Waals surface area contributed by atoms with E-state index in [1.807, 2.05) is 24.3 Å². The van der Waals surface area contributed by atoms with Crippen LogP contribution >= 0.6 is 0 Å². The standard InChI is InChI=1S/C37H24N4.C31H22N4.C23H15N3/c1-3-11-27(12-4-1)39-32-16-8-7-15-29(32)30-23-25(19-21-33(30)39)26-20-22-34-31(24-26)38-37-40(28-13-5-2-6-14-28)35-17-9-10-18-36(35)41(34)37;1-4-12-23(13-5-1)33(24-14-6-2-7-15-24)26-20-21-28-27(22-26)32-31-34(25-16-8-3-9-17-25)29-18-10-11-19-30(29)35(28)31;1-2-10-18(11-3-1)25-20-12-6-7-13-21(20)26-22-15-17-9-5-4-8-16(17)14-19(22)24-23(25)26/h1-24H;1-22H;1-15H. The van der Waals surface area contributed by atoms with Gasteiger partial charge in [0.1, 0.15) is 0 Å². The number of fused-ring (bicyclic) bond motifs is 19. The van der Waals surface area contributed by atoms with Gasteiger partial charge in [0.25, 0.3) is 0 Å². The van der Waals surface area contributed by atoms with Crippen molar-refractivity contribution in [1.82, 2.24) is 46.4 Å². The highest BCUT2D eigenvalue weighted by Gasteiger charge is 2.23. The second-order valence-corrected chi connectivity index (χ2v) is 25.7. The van der Waals surface area contributed by atoms with E-state index < -0.39 is 0 Å². The van der Waals surface area contributed by atoms with Crippen LogP contribution < -0.4 is 4.90 Å². The molecule has 0 aliphatic carbocycles. The molecule has 102 heavy (non-hydrogen) atoms. The number of anilines is 3. The number of para-hydroxylation sites is 13. The Morgan fingerprint density at radius 3 is 1.01 bits per heavy atom. The van der Waals surface area contributed by atoms with E-state index in [0.717, 1.165) is 118 Å². The Kier molecular flexibility index (Phi) is 13.6. The van der Waals surface area contributed by atoms with Crippen molar-refractivity contribution < 1.29 is 0 Å². The van der Waals surface area contributed by atoms with Gasteiger partial charge in [0, 0.05) is 50.6 Å². The van der Waals surface area contributed by atoms with Crippen molar-refractivity contribution in [1.29, 1.82) is 0 Å². The zero-order valence-corrected chi connectivity index (χ0v) is 55.1. The van der Waals surface area contributed by atoms with Gasteiger partial charge in [-0.2, -0.15) is 0 Å². The van der Waals surface area contributed by atoms with E-state index in [2.05, 4.69) is 382 Å². The van der Waals surface area contributed by atoms with Gasteiger partial charge in [0.2, 0.25) is 17.3 Å². The van der Waals surface area contributed by atoms with Crippen LogP contribution in [0, 0.1) is 0 Å². The SMILES string of the molecule is c1ccc(-n2c3ccccc3c3cc(-c4ccc5c(c4)nc4n(-c6ccccc6)c6ccccc6n54)ccc32)cc1.c1ccc(-n2c3ccccc3n3c4cc5ccccc5cc4nc23)cc1.c1ccc(N(c2ccccc2)c2ccc3c(c2)nc2n(-c4ccccc4)c4ccccc4n32)cc1. The highest BCUT2D eigenvalue weighted by Crippen LogP contribution is 2.40. The van der Waals surface area contributed by atoms with Crippen LogP contribution in [0.1, 0.15) is 0 Å². The van der Waals surface area contributed by atoms with Crippen molar-refractivity contribution in [2.24, 2.45) is 0 Å². The third-order valence-electron chi connectivity index (χ3n) is 19.8. The summed E-state index contributed by atoms with van der Waals surface area (Å²) >= 11 is 0. The number of hydrogen-bond acceptors (Lipinski definition) is 4. The molecule has 11 nitrogen and oxygen atoms in total. The van der Waals surface area contributed by atoms with Crippen molar-refractivity contribution in [2.45, 2.75) is 0 Å². The first-order valence-corrected chi connectivity index (χ1v) is 34.4. The van der Waals surface area contributed by atoms with Crippen LogP contribution in [0.4, 0.5) is 17.1 Å². The fraction of sp³-hybridized carbons (Fsp3) is 0. The molecule has 22 aromatic rings. The largest absolute Gasteiger partial charge is 0.310 e. The molecule has 0 aliphatic heterocycles. The zero-order valence-electron chi connectivity index (χ0n) is 55.1. The Morgan fingerprint density at radius 1 is 0.196 bits per heavy atom. The zero-order chi connectivity index (χ0) is 67.2. The Bertz CT molecular complexity index is 6880. The molecular weight excluding hydrogens is 1250 g/mol. The molecule has 0 N–H and O–H groups in total. The van der Waals surface area contributed by atoms with E-state index >= 15 is 0 Å². The monoisotopic (exact) mass is 1310 g/mol. The van der Waals surface area contributed by atoms with Gasteiger partial charge in [0.05, 0.1) is 77.2 Å². The summed E-state index contributed by atoms with van der Waals surface area (Å²) < 4.78 is 15.9. The van der Waals surface area contributed by atoms with Crippen LogP contribution in [0.3, 0.4) is 0 Å². The molecule has 7 aromatic heterocycles. The minimum Gasteiger partial charge on any atom is -0.310 e. The van der Waals surface area contributed by atoms with Gasteiger partial charge >= 0.3 is 0 Å². The predicted octanol–water partition coefficient (Wildman–Crippen LogP) is 22.7. The molecule has 22 rings (SSSR count). The summed E-state index contributed by atoms with van der Waals surface area (Å²) in [6.45, 7) is 0. The van der Waals surface area contributed by atoms with E-state index in [1.54, 1.807) is 0 Å². The minimum absolute atomic E-state index is 0.913. The molecule has 480 valence electrons. The molecule has 0 atom stereocenters. The summed E-state index contributed by atoms with van der Waals surface area (Å²) in [6.07, 6.45) is 0. The highest BCUT2D eigenvalue weighted by molar-refractivity contribution is 6.11. The molecule has 0 saturated heterocycles. The fourth-order valence-corrected chi connectivity index (χ4v) is 15.3. The third-order valence-corrected chi connectivity index (χ3v) is 19.8. The summed E-state index contributed by atoms with van der Waals surface area (Å²) in [5, 5.41) is 4.96. The Hall–Kier alpha value is -14.0. The first-order chi connectivity index (χ1) is 50.6. The van der Waals surface area contributed by atoms with Crippen LogP contribution in [-0.2, 0) is 0 Å². The van der Waals surface area contributed by atoms with Crippen LogP contribution in [0.5, 0.6) is 0 Å². The number of rotatable bonds is 8. The molecule has 0 bridgehead atoms. The van der Waals surface area contributed by atoms with E-state index in [-0.39, 0.29) is 0 Å². The van der Waals surface area contributed by atoms with Crippen LogP contribution in [0.2, 0.25) is 0 Å². The van der Waals surface area contributed by atoms with Crippen LogP contribution in [0.25, 0.3) is 150 Å². The molecule has 7 heterocycles. The summed E-state index contributed by atoms with van der Waals surface area (Å²) in [7, 11) is 0. The molecule has 15 aromatic carbocycles. The predicted molar refractivity (Wildman–Crippen MR) is 421 cm³/mol. The van der Waals surface area contributed by atoms with Crippen LogP contribution in [-0.4, -0.2) is 46.4 Å². The number of hydrogen-bond donors (Lipinski definition) is 0. The van der Waals surface area contributed by atoms with Gasteiger partial charge in [-0.05, 0) is 192 Å². The minimum atomic E-state index is 0.913. The molecular formula is C91H61N11. The lowest BCUT2D eigenvalue weighted by molar-refractivity contribution is 1.11. The normalized spacial score (nSPS) is 11.7. The number of nitrogens with zero attached hydrogens (tertiary/aromatic N) is 11. The Morgan fingerprint density at radius 2 is 0.529 bits per heavy atom. The first-order valence-electron chi connectivity index (χ1n) is 34.4. The van der Waals surface area contributed by atoms with Crippen molar-refractivity contribution in [3.8, 4) is 33.9 Å². The molecule has 0 spiro atoms. The average molecular weight is 1310 g/mol. The van der Waals surface area contributed by atoms with Gasteiger partial charge in [-0.1, -0.05) is 200 Å². The highest BCUT2D eigenvalue weighted by atomic mass is 15.2. The van der Waals surface area contributed by atoms with E-state index in [4.69, 9.17) is 15.0 Å². The van der Waals surface area contributed by atoms with Crippen LogP contribution in [0.15, 0.2) is 370 Å². The third kappa shape index (κ3) is 9.47. The van der Waals surface area contributed by atoms with E-state index in [9.17, 15) is 0 Å². The first kappa shape index (κ1) is 58.1. The van der Waals surface area contributed by atoms with Crippen molar-refractivity contribution in [2.75, 3.05) is 4.90 Å². The lowest BCUT2D eigenvalue weighted by Gasteiger charge is -2.25. The van der Waals surface area contributed by atoms with Crippen molar-refractivity contribution >= 4 is 133 Å². The van der Waals surface area contributed by atoms with Gasteiger partial charge in [-0.25, -0.2) is 15.0 Å². The van der Waals surface area contributed by atoms with Gasteiger partial charge in [-0.3, -0.25) is 26.9 Å². The maximum Gasteiger partial charge on any atom is 0.220 e. The second-order valence-electron chi connectivity index (χ2n) is 25.7. The number of aromatic nitrogens is 10. The van der Waals surface area contributed by atoms with Crippen molar-refractivity contribution in [3.05, 3.63) is 370 Å². The fourth-order valence-electron chi connectivity index (χ4n) is 15.3. The summed E-state index contributed by atoms with van der Waals surface area (Å²) in [5.74, 6) is 2.78. The lowest BCUT2D eigenvalue weighted by Crippen LogP contribution is -2.09. The van der Waals surface area contributed by atoms with Gasteiger partial charge in [-0.15, -0.1) is 0 Å². The topological polar surface area (TPSA) is 74.9 Å². The van der Waals surface area contributed by atoms with Crippen molar-refractivity contribution in [3.63, 3.8) is 0 Å². The smallest absolute Gasteiger partial charge is 0.220 e. The molecule has 0 fully saturated rings. The van der Waals surface area contributed by atoms with E-state index in [0.29, 0.717) is 0 Å². The average Bonchev–Trinajstić information content (AvgIpc) is 1.58. The molecule has 0 unspecified atom stereocenters. The number of imidazole rings is 6. The maximum atomic E-state index is 5.19. The number of benzene rings is 15. The molecule has 11 heteroatoms. The summed E-state index contributed by atoms with van der Waals surface area (Å²) in [5.41, 5.74) is 25.8. The molecule has 0 aliphatic rings. The Labute approximate surface area is 585 Å². The lowest BCUT2D eigenvalue weighted by atomic mass is 10.0. The molecule has 0 radical (unpaired) electrons. The molecule has 0 saturated carbocycles. The second kappa shape index (κ2) is 23.9. The summed E-state index contributed by atoms with van der Waals surface area (Å²) in [6, 6.07) is 130. The van der Waals surface area contributed by atoms with E-state index in [1.165, 1.54) is 49.3 Å². The van der Waals surface area contributed by atoms with Gasteiger partial charge < -0.3 is 9.47 Å². The summed E-state index contributed by atoms with van der Waals surface area (Å²) in [4.78, 5) is 17.6.